The monoisotopic (exact) mass is 380 g/mol. The van der Waals surface area contributed by atoms with Crippen molar-refractivity contribution in [2.24, 2.45) is 4.99 Å². The summed E-state index contributed by atoms with van der Waals surface area (Å²) in [5.41, 5.74) is 3.25. The number of rotatable bonds is 5. The summed E-state index contributed by atoms with van der Waals surface area (Å²) in [4.78, 5) is 19.1. The number of para-hydroxylation sites is 1. The maximum absolute atomic E-state index is 12.7. The quantitative estimate of drug-likeness (QED) is 0.614. The molecule has 2 aliphatic rings. The van der Waals surface area contributed by atoms with Crippen LogP contribution in [-0.4, -0.2) is 38.3 Å². The standard InChI is InChI=1S/C21H24N4O3/c1-2-22-21(23-12-15-7-8-18-19(11-15)28-14-27-18)24-13-20(26)25-10-9-16-5-3-4-6-17(16)25/h3-8,11H,2,9-10,12-14H2,1H3,(H2,22,23,24). The Kier molecular flexibility index (Phi) is 5.32. The van der Waals surface area contributed by atoms with Crippen LogP contribution < -0.4 is 25.0 Å². The van der Waals surface area contributed by atoms with Crippen LogP contribution >= 0.6 is 0 Å². The molecule has 0 bridgehead atoms. The highest BCUT2D eigenvalue weighted by molar-refractivity contribution is 5.98. The number of carbonyl (C=O) groups is 1. The van der Waals surface area contributed by atoms with Crippen molar-refractivity contribution in [1.82, 2.24) is 10.6 Å². The molecule has 0 aromatic heterocycles. The van der Waals surface area contributed by atoms with E-state index in [9.17, 15) is 4.79 Å². The van der Waals surface area contributed by atoms with E-state index in [1.54, 1.807) is 0 Å². The molecular weight excluding hydrogens is 356 g/mol. The van der Waals surface area contributed by atoms with Gasteiger partial charge < -0.3 is 25.0 Å². The van der Waals surface area contributed by atoms with Crippen LogP contribution in [0.4, 0.5) is 5.69 Å². The lowest BCUT2D eigenvalue weighted by Gasteiger charge is -2.18. The number of ether oxygens (including phenoxy) is 2. The van der Waals surface area contributed by atoms with Gasteiger partial charge in [-0.3, -0.25) is 4.79 Å². The minimum Gasteiger partial charge on any atom is -0.454 e. The lowest BCUT2D eigenvalue weighted by Crippen LogP contribution is -2.44. The number of nitrogens with zero attached hydrogens (tertiary/aromatic N) is 2. The van der Waals surface area contributed by atoms with Gasteiger partial charge in [0.15, 0.2) is 17.5 Å². The van der Waals surface area contributed by atoms with Crippen molar-refractivity contribution in [3.8, 4) is 11.5 Å². The van der Waals surface area contributed by atoms with Crippen LogP contribution in [0.1, 0.15) is 18.1 Å². The Morgan fingerprint density at radius 2 is 2.00 bits per heavy atom. The van der Waals surface area contributed by atoms with Crippen molar-refractivity contribution >= 4 is 17.6 Å². The Bertz CT molecular complexity index is 897. The molecule has 4 rings (SSSR count). The Labute approximate surface area is 164 Å². The van der Waals surface area contributed by atoms with Crippen LogP contribution in [-0.2, 0) is 17.8 Å². The van der Waals surface area contributed by atoms with Gasteiger partial charge >= 0.3 is 0 Å². The predicted octanol–water partition coefficient (Wildman–Crippen LogP) is 2.06. The zero-order valence-corrected chi connectivity index (χ0v) is 15.9. The third-order valence-corrected chi connectivity index (χ3v) is 4.80. The largest absolute Gasteiger partial charge is 0.454 e. The molecule has 0 saturated heterocycles. The van der Waals surface area contributed by atoms with Crippen LogP contribution in [0.15, 0.2) is 47.5 Å². The Morgan fingerprint density at radius 1 is 1.14 bits per heavy atom. The Morgan fingerprint density at radius 3 is 2.89 bits per heavy atom. The second-order valence-electron chi connectivity index (χ2n) is 6.66. The lowest BCUT2D eigenvalue weighted by molar-refractivity contribution is -0.117. The number of hydrogen-bond acceptors (Lipinski definition) is 4. The third-order valence-electron chi connectivity index (χ3n) is 4.80. The Balaban J connectivity index is 1.37. The van der Waals surface area contributed by atoms with Gasteiger partial charge in [0.25, 0.3) is 0 Å². The fourth-order valence-electron chi connectivity index (χ4n) is 3.40. The second kappa shape index (κ2) is 8.21. The number of anilines is 1. The second-order valence-corrected chi connectivity index (χ2v) is 6.66. The van der Waals surface area contributed by atoms with E-state index in [1.807, 2.05) is 48.2 Å². The third kappa shape index (κ3) is 3.88. The van der Waals surface area contributed by atoms with Gasteiger partial charge in [-0.15, -0.1) is 0 Å². The van der Waals surface area contributed by atoms with Gasteiger partial charge in [0.2, 0.25) is 12.7 Å². The summed E-state index contributed by atoms with van der Waals surface area (Å²) in [5.74, 6) is 2.16. The molecule has 0 saturated carbocycles. The summed E-state index contributed by atoms with van der Waals surface area (Å²) in [5, 5.41) is 6.32. The minimum atomic E-state index is 0.0404. The summed E-state index contributed by atoms with van der Waals surface area (Å²) in [6.45, 7) is 4.37. The minimum absolute atomic E-state index is 0.0404. The number of nitrogens with one attached hydrogen (secondary N) is 2. The van der Waals surface area contributed by atoms with Gasteiger partial charge in [-0.1, -0.05) is 24.3 Å². The highest BCUT2D eigenvalue weighted by Gasteiger charge is 2.23. The summed E-state index contributed by atoms with van der Waals surface area (Å²) < 4.78 is 10.7. The van der Waals surface area contributed by atoms with Crippen LogP contribution in [0, 0.1) is 0 Å². The molecular formula is C21H24N4O3. The van der Waals surface area contributed by atoms with E-state index in [-0.39, 0.29) is 19.2 Å². The molecule has 2 aromatic carbocycles. The van der Waals surface area contributed by atoms with E-state index in [2.05, 4.69) is 21.7 Å². The number of carbonyl (C=O) groups excluding carboxylic acids is 1. The van der Waals surface area contributed by atoms with Gasteiger partial charge in [0, 0.05) is 18.8 Å². The average molecular weight is 380 g/mol. The molecule has 28 heavy (non-hydrogen) atoms. The number of amides is 1. The molecule has 1 amide bonds. The van der Waals surface area contributed by atoms with E-state index < -0.39 is 0 Å². The van der Waals surface area contributed by atoms with Crippen molar-refractivity contribution in [2.45, 2.75) is 19.9 Å². The fraction of sp³-hybridized carbons (Fsp3) is 0.333. The highest BCUT2D eigenvalue weighted by atomic mass is 16.7. The topological polar surface area (TPSA) is 75.2 Å². The number of aliphatic imine (C=N–C) groups is 1. The van der Waals surface area contributed by atoms with E-state index >= 15 is 0 Å². The van der Waals surface area contributed by atoms with Crippen molar-refractivity contribution in [3.05, 3.63) is 53.6 Å². The molecule has 7 heteroatoms. The summed E-state index contributed by atoms with van der Waals surface area (Å²) in [7, 11) is 0. The Hall–Kier alpha value is -3.22. The highest BCUT2D eigenvalue weighted by Crippen LogP contribution is 2.32. The van der Waals surface area contributed by atoms with Gasteiger partial charge in [0.1, 0.15) is 0 Å². The molecule has 0 unspecified atom stereocenters. The maximum Gasteiger partial charge on any atom is 0.246 e. The maximum atomic E-state index is 12.7. The molecule has 2 heterocycles. The molecule has 7 nitrogen and oxygen atoms in total. The van der Waals surface area contributed by atoms with Crippen molar-refractivity contribution < 1.29 is 14.3 Å². The first-order chi connectivity index (χ1) is 13.7. The van der Waals surface area contributed by atoms with Crippen LogP contribution in [0.3, 0.4) is 0 Å². The number of hydrogen-bond donors (Lipinski definition) is 2. The van der Waals surface area contributed by atoms with E-state index in [0.29, 0.717) is 19.0 Å². The fourth-order valence-corrected chi connectivity index (χ4v) is 3.40. The zero-order chi connectivity index (χ0) is 19.3. The van der Waals surface area contributed by atoms with Gasteiger partial charge in [-0.25, -0.2) is 4.99 Å². The molecule has 2 N–H and O–H groups in total. The van der Waals surface area contributed by atoms with Gasteiger partial charge in [0.05, 0.1) is 13.1 Å². The summed E-state index contributed by atoms with van der Waals surface area (Å²) in [6.07, 6.45) is 0.903. The number of benzene rings is 2. The van der Waals surface area contributed by atoms with E-state index in [1.165, 1.54) is 5.56 Å². The van der Waals surface area contributed by atoms with E-state index in [4.69, 9.17) is 9.47 Å². The average Bonchev–Trinajstić information content (AvgIpc) is 3.36. The first-order valence-corrected chi connectivity index (χ1v) is 9.53. The smallest absolute Gasteiger partial charge is 0.246 e. The van der Waals surface area contributed by atoms with Gasteiger partial charge in [-0.05, 0) is 42.7 Å². The summed E-state index contributed by atoms with van der Waals surface area (Å²) in [6, 6.07) is 13.8. The zero-order valence-electron chi connectivity index (χ0n) is 15.9. The molecule has 0 fully saturated rings. The first-order valence-electron chi connectivity index (χ1n) is 9.53. The normalized spacial score (nSPS) is 14.8. The van der Waals surface area contributed by atoms with Crippen molar-refractivity contribution in [3.63, 3.8) is 0 Å². The molecule has 0 radical (unpaired) electrons. The molecule has 2 aliphatic heterocycles. The van der Waals surface area contributed by atoms with Gasteiger partial charge in [-0.2, -0.15) is 0 Å². The molecule has 0 aliphatic carbocycles. The molecule has 2 aromatic rings. The van der Waals surface area contributed by atoms with Crippen molar-refractivity contribution in [1.29, 1.82) is 0 Å². The molecule has 0 spiro atoms. The molecule has 146 valence electrons. The van der Waals surface area contributed by atoms with Crippen LogP contribution in [0.2, 0.25) is 0 Å². The van der Waals surface area contributed by atoms with Crippen molar-refractivity contribution in [2.75, 3.05) is 31.3 Å². The first kappa shape index (κ1) is 18.2. The van der Waals surface area contributed by atoms with Crippen LogP contribution in [0.5, 0.6) is 11.5 Å². The summed E-state index contributed by atoms with van der Waals surface area (Å²) >= 11 is 0. The lowest BCUT2D eigenvalue weighted by atomic mass is 10.2. The van der Waals surface area contributed by atoms with Crippen LogP contribution in [0.25, 0.3) is 0 Å². The SMILES string of the molecule is CCNC(=NCc1ccc2c(c1)OCO2)NCC(=O)N1CCc2ccccc21. The number of guanidine groups is 1. The van der Waals surface area contributed by atoms with E-state index in [0.717, 1.165) is 35.7 Å². The molecule has 0 atom stereocenters. The number of fused-ring (bicyclic) bond motifs is 2. The predicted molar refractivity (Wildman–Crippen MR) is 108 cm³/mol.